The van der Waals surface area contributed by atoms with Crippen molar-refractivity contribution in [1.29, 1.82) is 0 Å². The summed E-state index contributed by atoms with van der Waals surface area (Å²) < 4.78 is 30.1. The van der Waals surface area contributed by atoms with E-state index in [0.717, 1.165) is 24.8 Å². The largest absolute Gasteiger partial charge is 0.452 e. The molecule has 1 amide bonds. The summed E-state index contributed by atoms with van der Waals surface area (Å²) in [5.41, 5.74) is 3.43. The molecule has 33 heavy (non-hydrogen) atoms. The molecule has 2 aliphatic rings. The average Bonchev–Trinajstić information content (AvgIpc) is 3.29. The van der Waals surface area contributed by atoms with Crippen LogP contribution in [0.2, 0.25) is 5.15 Å². The Morgan fingerprint density at radius 2 is 2.09 bits per heavy atom. The predicted molar refractivity (Wildman–Crippen MR) is 125 cm³/mol. The summed E-state index contributed by atoms with van der Waals surface area (Å²) in [6.45, 7) is 1.35. The number of fused-ring (bicyclic) bond motifs is 1. The summed E-state index contributed by atoms with van der Waals surface area (Å²) in [6, 6.07) is 7.63. The van der Waals surface area contributed by atoms with Gasteiger partial charge in [-0.3, -0.25) is 4.79 Å². The number of aromatic nitrogens is 2. The molecule has 2 unspecified atom stereocenters. The van der Waals surface area contributed by atoms with E-state index in [-0.39, 0.29) is 41.3 Å². The van der Waals surface area contributed by atoms with Crippen LogP contribution in [-0.4, -0.2) is 48.2 Å². The average molecular weight is 492 g/mol. The van der Waals surface area contributed by atoms with E-state index in [9.17, 15) is 18.0 Å². The first-order valence-corrected chi connectivity index (χ1v) is 13.1. The van der Waals surface area contributed by atoms with Gasteiger partial charge in [0.2, 0.25) is 0 Å². The van der Waals surface area contributed by atoms with Gasteiger partial charge in [0.05, 0.1) is 29.3 Å². The monoisotopic (exact) mass is 491 g/mol. The maximum absolute atomic E-state index is 12.3. The fraction of sp³-hybridized carbons (Fsp3) is 0.435. The summed E-state index contributed by atoms with van der Waals surface area (Å²) in [6.07, 6.45) is 5.95. The molecule has 2 atom stereocenters. The Hall–Kier alpha value is -2.65. The number of nitrogens with one attached hydrogen (secondary N) is 1. The molecule has 0 spiro atoms. The standard InChI is InChI=1S/C23H26ClN3O5S/c1-15-18(23(24)27(26-15)17-11-12-33(30,31)14-17)9-10-22(29)32-13-21(28)25-20-8-4-6-16-5-2-3-7-19(16)20/h2-3,5,7,9-10,17,20H,4,6,8,11-14H2,1H3,(H,25,28). The molecule has 176 valence electrons. The number of carbonyl (C=O) groups excluding carboxylic acids is 2. The summed E-state index contributed by atoms with van der Waals surface area (Å²) in [4.78, 5) is 24.5. The summed E-state index contributed by atoms with van der Waals surface area (Å²) >= 11 is 6.40. The molecule has 1 aromatic heterocycles. The predicted octanol–water partition coefficient (Wildman–Crippen LogP) is 2.95. The van der Waals surface area contributed by atoms with Crippen molar-refractivity contribution < 1.29 is 22.7 Å². The number of hydrogen-bond acceptors (Lipinski definition) is 6. The lowest BCUT2D eigenvalue weighted by Crippen LogP contribution is -2.34. The maximum atomic E-state index is 12.3. The molecule has 4 rings (SSSR count). The number of aryl methyl sites for hydroxylation is 2. The first kappa shape index (κ1) is 23.5. The van der Waals surface area contributed by atoms with Crippen LogP contribution in [0.5, 0.6) is 0 Å². The van der Waals surface area contributed by atoms with Crippen LogP contribution in [0.15, 0.2) is 30.3 Å². The van der Waals surface area contributed by atoms with E-state index in [4.69, 9.17) is 16.3 Å². The summed E-state index contributed by atoms with van der Waals surface area (Å²) in [5.74, 6) is -0.929. The van der Waals surface area contributed by atoms with Gasteiger partial charge in [-0.1, -0.05) is 35.9 Å². The van der Waals surface area contributed by atoms with E-state index in [1.54, 1.807) is 6.92 Å². The Morgan fingerprint density at radius 1 is 1.30 bits per heavy atom. The highest BCUT2D eigenvalue weighted by atomic mass is 35.5. The van der Waals surface area contributed by atoms with Gasteiger partial charge in [-0.05, 0) is 49.8 Å². The molecule has 1 saturated heterocycles. The second-order valence-corrected chi connectivity index (χ2v) is 11.0. The second-order valence-electron chi connectivity index (χ2n) is 8.44. The minimum atomic E-state index is -3.08. The Balaban J connectivity index is 1.32. The SMILES string of the molecule is Cc1nn(C2CCS(=O)(=O)C2)c(Cl)c1C=CC(=O)OCC(=O)NC1CCCc2ccccc21. The first-order valence-electron chi connectivity index (χ1n) is 10.9. The third-order valence-corrected chi connectivity index (χ3v) is 8.19. The normalized spacial score (nSPS) is 21.6. The molecular weight excluding hydrogens is 466 g/mol. The molecule has 1 aromatic carbocycles. The highest BCUT2D eigenvalue weighted by molar-refractivity contribution is 7.91. The van der Waals surface area contributed by atoms with Crippen molar-refractivity contribution in [3.8, 4) is 0 Å². The van der Waals surface area contributed by atoms with Crippen molar-refractivity contribution in [3.05, 3.63) is 57.9 Å². The van der Waals surface area contributed by atoms with E-state index in [2.05, 4.69) is 16.5 Å². The van der Waals surface area contributed by atoms with Gasteiger partial charge in [0.1, 0.15) is 5.15 Å². The number of ether oxygens (including phenoxy) is 1. The third kappa shape index (κ3) is 5.47. The lowest BCUT2D eigenvalue weighted by Gasteiger charge is -2.26. The molecule has 2 heterocycles. The molecule has 0 saturated carbocycles. The van der Waals surface area contributed by atoms with Crippen LogP contribution >= 0.6 is 11.6 Å². The molecule has 1 fully saturated rings. The number of carbonyl (C=O) groups is 2. The van der Waals surface area contributed by atoms with Gasteiger partial charge in [0.25, 0.3) is 5.91 Å². The molecule has 0 radical (unpaired) electrons. The minimum Gasteiger partial charge on any atom is -0.452 e. The maximum Gasteiger partial charge on any atom is 0.331 e. The van der Waals surface area contributed by atoms with Crippen molar-refractivity contribution in [2.45, 2.75) is 44.7 Å². The molecule has 1 aliphatic heterocycles. The fourth-order valence-electron chi connectivity index (χ4n) is 4.41. The van der Waals surface area contributed by atoms with Crippen LogP contribution in [-0.2, 0) is 30.6 Å². The van der Waals surface area contributed by atoms with Gasteiger partial charge in [-0.15, -0.1) is 0 Å². The minimum absolute atomic E-state index is 0.000381. The molecule has 1 aliphatic carbocycles. The van der Waals surface area contributed by atoms with Gasteiger partial charge in [-0.25, -0.2) is 17.9 Å². The number of amides is 1. The second kappa shape index (κ2) is 9.69. The van der Waals surface area contributed by atoms with Gasteiger partial charge >= 0.3 is 5.97 Å². The zero-order valence-corrected chi connectivity index (χ0v) is 19.9. The number of benzene rings is 1. The van der Waals surface area contributed by atoms with Crippen LogP contribution in [0, 0.1) is 6.92 Å². The molecule has 8 nitrogen and oxygen atoms in total. The number of hydrogen-bond donors (Lipinski definition) is 1. The highest BCUT2D eigenvalue weighted by Gasteiger charge is 2.31. The lowest BCUT2D eigenvalue weighted by atomic mass is 9.88. The molecule has 1 N–H and O–H groups in total. The van der Waals surface area contributed by atoms with E-state index in [0.29, 0.717) is 17.7 Å². The highest BCUT2D eigenvalue weighted by Crippen LogP contribution is 2.31. The lowest BCUT2D eigenvalue weighted by molar-refractivity contribution is -0.144. The Bertz CT molecular complexity index is 1200. The van der Waals surface area contributed by atoms with Crippen molar-refractivity contribution in [1.82, 2.24) is 15.1 Å². The van der Waals surface area contributed by atoms with Crippen LogP contribution < -0.4 is 5.32 Å². The van der Waals surface area contributed by atoms with Gasteiger partial charge < -0.3 is 10.1 Å². The van der Waals surface area contributed by atoms with Crippen LogP contribution in [0.3, 0.4) is 0 Å². The van der Waals surface area contributed by atoms with Gasteiger partial charge in [0, 0.05) is 11.6 Å². The van der Waals surface area contributed by atoms with Crippen LogP contribution in [0.25, 0.3) is 6.08 Å². The topological polar surface area (TPSA) is 107 Å². The van der Waals surface area contributed by atoms with Crippen molar-refractivity contribution in [2.75, 3.05) is 18.1 Å². The number of esters is 1. The van der Waals surface area contributed by atoms with Gasteiger partial charge in [-0.2, -0.15) is 5.10 Å². The number of nitrogens with zero attached hydrogens (tertiary/aromatic N) is 2. The van der Waals surface area contributed by atoms with Crippen molar-refractivity contribution in [2.24, 2.45) is 0 Å². The number of sulfone groups is 1. The smallest absolute Gasteiger partial charge is 0.331 e. The number of rotatable bonds is 6. The molecule has 0 bridgehead atoms. The summed E-state index contributed by atoms with van der Waals surface area (Å²) in [5, 5.41) is 7.56. The van der Waals surface area contributed by atoms with E-state index in [1.807, 2.05) is 18.2 Å². The fourth-order valence-corrected chi connectivity index (χ4v) is 6.48. The van der Waals surface area contributed by atoms with Crippen molar-refractivity contribution >= 4 is 39.4 Å². The first-order chi connectivity index (χ1) is 15.7. The number of halogens is 1. The van der Waals surface area contributed by atoms with E-state index >= 15 is 0 Å². The quantitative estimate of drug-likeness (QED) is 0.491. The van der Waals surface area contributed by atoms with Gasteiger partial charge in [0.15, 0.2) is 16.4 Å². The molecule has 2 aromatic rings. The Labute approximate surface area is 197 Å². The zero-order valence-electron chi connectivity index (χ0n) is 18.3. The zero-order chi connectivity index (χ0) is 23.6. The third-order valence-electron chi connectivity index (χ3n) is 6.06. The molecule has 10 heteroatoms. The Morgan fingerprint density at radius 3 is 2.85 bits per heavy atom. The Kier molecular flexibility index (Phi) is 6.90. The molecular formula is C23H26ClN3O5S. The van der Waals surface area contributed by atoms with Crippen LogP contribution in [0.4, 0.5) is 0 Å². The van der Waals surface area contributed by atoms with Crippen molar-refractivity contribution in [3.63, 3.8) is 0 Å². The van der Waals surface area contributed by atoms with E-state index < -0.39 is 15.8 Å². The van der Waals surface area contributed by atoms with Crippen LogP contribution in [0.1, 0.15) is 53.7 Å². The summed E-state index contributed by atoms with van der Waals surface area (Å²) in [7, 11) is -3.08. The van der Waals surface area contributed by atoms with E-state index in [1.165, 1.54) is 22.4 Å².